The highest BCUT2D eigenvalue weighted by Crippen LogP contribution is 2.27. The Morgan fingerprint density at radius 2 is 2.00 bits per heavy atom. The summed E-state index contributed by atoms with van der Waals surface area (Å²) in [6.45, 7) is 2.03. The van der Waals surface area contributed by atoms with Crippen molar-refractivity contribution in [3.63, 3.8) is 0 Å². The van der Waals surface area contributed by atoms with Crippen LogP contribution in [0, 0.1) is 6.92 Å². The third kappa shape index (κ3) is 1.87. The van der Waals surface area contributed by atoms with E-state index in [1.54, 1.807) is 17.5 Å². The lowest BCUT2D eigenvalue weighted by Crippen LogP contribution is -1.93. The van der Waals surface area contributed by atoms with E-state index in [0.717, 1.165) is 11.4 Å². The van der Waals surface area contributed by atoms with Crippen LogP contribution in [0.5, 0.6) is 0 Å². The van der Waals surface area contributed by atoms with Crippen molar-refractivity contribution in [2.45, 2.75) is 6.92 Å². The SMILES string of the molecule is Cc1ncsc1-c1ccc(-n2cccn2)cc1. The van der Waals surface area contributed by atoms with Crippen molar-refractivity contribution >= 4 is 11.3 Å². The Labute approximate surface area is 103 Å². The molecule has 0 saturated carbocycles. The van der Waals surface area contributed by atoms with Crippen LogP contribution in [-0.2, 0) is 0 Å². The van der Waals surface area contributed by atoms with E-state index in [1.165, 1.54) is 10.4 Å². The topological polar surface area (TPSA) is 30.7 Å². The van der Waals surface area contributed by atoms with Crippen LogP contribution in [0.4, 0.5) is 0 Å². The molecule has 3 rings (SSSR count). The molecule has 0 amide bonds. The fourth-order valence-corrected chi connectivity index (χ4v) is 2.58. The van der Waals surface area contributed by atoms with Crippen LogP contribution in [0.2, 0.25) is 0 Å². The van der Waals surface area contributed by atoms with Crippen LogP contribution in [0.1, 0.15) is 5.69 Å². The van der Waals surface area contributed by atoms with Crippen LogP contribution < -0.4 is 0 Å². The monoisotopic (exact) mass is 241 g/mol. The summed E-state index contributed by atoms with van der Waals surface area (Å²) in [5.41, 5.74) is 5.25. The molecule has 84 valence electrons. The van der Waals surface area contributed by atoms with Crippen molar-refractivity contribution in [3.05, 3.63) is 53.9 Å². The van der Waals surface area contributed by atoms with Crippen LogP contribution in [-0.4, -0.2) is 14.8 Å². The first kappa shape index (κ1) is 10.2. The lowest BCUT2D eigenvalue weighted by Gasteiger charge is -2.03. The quantitative estimate of drug-likeness (QED) is 0.689. The van der Waals surface area contributed by atoms with Crippen molar-refractivity contribution in [2.75, 3.05) is 0 Å². The Hall–Kier alpha value is -1.94. The number of thiazole rings is 1. The van der Waals surface area contributed by atoms with Crippen LogP contribution >= 0.6 is 11.3 Å². The zero-order valence-corrected chi connectivity index (χ0v) is 10.2. The van der Waals surface area contributed by atoms with Gasteiger partial charge >= 0.3 is 0 Å². The summed E-state index contributed by atoms with van der Waals surface area (Å²) in [6.07, 6.45) is 3.72. The molecule has 0 atom stereocenters. The van der Waals surface area contributed by atoms with Gasteiger partial charge < -0.3 is 0 Å². The second kappa shape index (κ2) is 4.14. The van der Waals surface area contributed by atoms with E-state index >= 15 is 0 Å². The van der Waals surface area contributed by atoms with Gasteiger partial charge in [-0.15, -0.1) is 11.3 Å². The number of hydrogen-bond acceptors (Lipinski definition) is 3. The third-order valence-electron chi connectivity index (χ3n) is 2.64. The molecule has 0 aliphatic rings. The molecular formula is C13H11N3S. The summed E-state index contributed by atoms with van der Waals surface area (Å²) < 4.78 is 1.85. The normalized spacial score (nSPS) is 10.6. The second-order valence-electron chi connectivity index (χ2n) is 3.76. The molecule has 0 fully saturated rings. The molecule has 17 heavy (non-hydrogen) atoms. The lowest BCUT2D eigenvalue weighted by atomic mass is 10.1. The molecule has 3 aromatic rings. The first-order valence-electron chi connectivity index (χ1n) is 5.35. The maximum absolute atomic E-state index is 4.27. The maximum atomic E-state index is 4.27. The molecule has 1 aromatic carbocycles. The Morgan fingerprint density at radius 1 is 1.18 bits per heavy atom. The van der Waals surface area contributed by atoms with Gasteiger partial charge in [-0.1, -0.05) is 12.1 Å². The minimum Gasteiger partial charge on any atom is -0.249 e. The smallest absolute Gasteiger partial charge is 0.0801 e. The van der Waals surface area contributed by atoms with E-state index in [4.69, 9.17) is 0 Å². The predicted molar refractivity (Wildman–Crippen MR) is 69.4 cm³/mol. The van der Waals surface area contributed by atoms with Crippen LogP contribution in [0.15, 0.2) is 48.2 Å². The predicted octanol–water partition coefficient (Wildman–Crippen LogP) is 3.30. The molecule has 4 heteroatoms. The summed E-state index contributed by atoms with van der Waals surface area (Å²) >= 11 is 1.67. The largest absolute Gasteiger partial charge is 0.249 e. The third-order valence-corrected chi connectivity index (χ3v) is 3.62. The zero-order valence-electron chi connectivity index (χ0n) is 9.37. The van der Waals surface area contributed by atoms with Gasteiger partial charge in [-0.3, -0.25) is 0 Å². The van der Waals surface area contributed by atoms with Crippen LogP contribution in [0.3, 0.4) is 0 Å². The average molecular weight is 241 g/mol. The molecule has 0 aliphatic carbocycles. The Bertz CT molecular complexity index is 608. The molecule has 2 heterocycles. The molecular weight excluding hydrogens is 230 g/mol. The van der Waals surface area contributed by atoms with E-state index in [1.807, 2.05) is 29.4 Å². The Kier molecular flexibility index (Phi) is 2.49. The molecule has 0 saturated heterocycles. The van der Waals surface area contributed by atoms with E-state index in [-0.39, 0.29) is 0 Å². The van der Waals surface area contributed by atoms with Crippen molar-refractivity contribution in [3.8, 4) is 16.1 Å². The highest BCUT2D eigenvalue weighted by Gasteiger charge is 2.04. The minimum absolute atomic E-state index is 1.07. The van der Waals surface area contributed by atoms with Gasteiger partial charge in [-0.2, -0.15) is 5.10 Å². The highest BCUT2D eigenvalue weighted by molar-refractivity contribution is 7.13. The van der Waals surface area contributed by atoms with Crippen molar-refractivity contribution < 1.29 is 0 Å². The summed E-state index contributed by atoms with van der Waals surface area (Å²) in [6, 6.07) is 10.3. The van der Waals surface area contributed by atoms with Gasteiger partial charge in [0.25, 0.3) is 0 Å². The summed E-state index contributed by atoms with van der Waals surface area (Å²) in [7, 11) is 0. The van der Waals surface area contributed by atoms with Crippen molar-refractivity contribution in [2.24, 2.45) is 0 Å². The summed E-state index contributed by atoms with van der Waals surface area (Å²) in [5, 5.41) is 4.20. The molecule has 2 aromatic heterocycles. The van der Waals surface area contributed by atoms with Gasteiger partial charge in [0.05, 0.1) is 21.8 Å². The van der Waals surface area contributed by atoms with E-state index < -0.39 is 0 Å². The Balaban J connectivity index is 1.99. The Morgan fingerprint density at radius 3 is 2.59 bits per heavy atom. The van der Waals surface area contributed by atoms with E-state index in [0.29, 0.717) is 0 Å². The van der Waals surface area contributed by atoms with Gasteiger partial charge in [-0.25, -0.2) is 9.67 Å². The fourth-order valence-electron chi connectivity index (χ4n) is 1.77. The number of hydrogen-bond donors (Lipinski definition) is 0. The van der Waals surface area contributed by atoms with Crippen molar-refractivity contribution in [1.29, 1.82) is 0 Å². The van der Waals surface area contributed by atoms with Gasteiger partial charge in [0.15, 0.2) is 0 Å². The molecule has 3 nitrogen and oxygen atoms in total. The minimum atomic E-state index is 1.07. The van der Waals surface area contributed by atoms with E-state index in [2.05, 4.69) is 34.3 Å². The standard InChI is InChI=1S/C13H11N3S/c1-10-13(17-9-14-10)11-3-5-12(6-4-11)16-8-2-7-15-16/h2-9H,1H3. The first-order chi connectivity index (χ1) is 8.34. The molecule has 0 unspecified atom stereocenters. The summed E-state index contributed by atoms with van der Waals surface area (Å²) in [4.78, 5) is 5.50. The van der Waals surface area contributed by atoms with Crippen LogP contribution in [0.25, 0.3) is 16.1 Å². The molecule has 0 N–H and O–H groups in total. The lowest BCUT2D eigenvalue weighted by molar-refractivity contribution is 0.881. The van der Waals surface area contributed by atoms with Gasteiger partial charge in [-0.05, 0) is 30.7 Å². The molecule has 0 bridgehead atoms. The number of aromatic nitrogens is 3. The van der Waals surface area contributed by atoms with Crippen molar-refractivity contribution in [1.82, 2.24) is 14.8 Å². The molecule has 0 aliphatic heterocycles. The van der Waals surface area contributed by atoms with E-state index in [9.17, 15) is 0 Å². The zero-order chi connectivity index (χ0) is 11.7. The number of benzene rings is 1. The first-order valence-corrected chi connectivity index (χ1v) is 6.23. The van der Waals surface area contributed by atoms with Gasteiger partial charge in [0.2, 0.25) is 0 Å². The van der Waals surface area contributed by atoms with Gasteiger partial charge in [0, 0.05) is 12.4 Å². The average Bonchev–Trinajstić information content (AvgIpc) is 3.00. The fraction of sp³-hybridized carbons (Fsp3) is 0.0769. The summed E-state index contributed by atoms with van der Waals surface area (Å²) in [5.74, 6) is 0. The molecule has 0 radical (unpaired) electrons. The number of nitrogens with zero attached hydrogens (tertiary/aromatic N) is 3. The second-order valence-corrected chi connectivity index (χ2v) is 4.62. The number of aryl methyl sites for hydroxylation is 1. The maximum Gasteiger partial charge on any atom is 0.0801 e. The number of rotatable bonds is 2. The highest BCUT2D eigenvalue weighted by atomic mass is 32.1. The molecule has 0 spiro atoms. The van der Waals surface area contributed by atoms with Gasteiger partial charge in [0.1, 0.15) is 0 Å².